The molecule has 0 radical (unpaired) electrons. The lowest BCUT2D eigenvalue weighted by Crippen LogP contribution is -2.11. The Kier molecular flexibility index (Phi) is 3.08. The zero-order valence-corrected chi connectivity index (χ0v) is 7.34. The van der Waals surface area contributed by atoms with Gasteiger partial charge < -0.3 is 15.5 Å². The summed E-state index contributed by atoms with van der Waals surface area (Å²) >= 11 is 0. The Bertz CT molecular complexity index is 302. The third kappa shape index (κ3) is 2.09. The molecule has 0 aliphatic rings. The molecule has 0 aliphatic heterocycles. The third-order valence-electron chi connectivity index (χ3n) is 1.82. The summed E-state index contributed by atoms with van der Waals surface area (Å²) in [5.74, 6) is -1.29. The van der Waals surface area contributed by atoms with E-state index >= 15 is 0 Å². The van der Waals surface area contributed by atoms with E-state index in [9.17, 15) is 9.50 Å². The summed E-state index contributed by atoms with van der Waals surface area (Å²) in [7, 11) is 1.73. The molecular weight excluding hydrogens is 173 g/mol. The summed E-state index contributed by atoms with van der Waals surface area (Å²) in [4.78, 5) is 0. The maximum absolute atomic E-state index is 13.1. The Morgan fingerprint density at radius 1 is 1.31 bits per heavy atom. The molecule has 72 valence electrons. The van der Waals surface area contributed by atoms with Gasteiger partial charge in [-0.2, -0.15) is 0 Å². The first-order valence-corrected chi connectivity index (χ1v) is 4.00. The lowest BCUT2D eigenvalue weighted by atomic mass is 10.1. The second-order valence-electron chi connectivity index (χ2n) is 2.75. The molecule has 0 saturated carbocycles. The van der Waals surface area contributed by atoms with Gasteiger partial charge in [0.05, 0.1) is 0 Å². The highest BCUT2D eigenvalue weighted by Crippen LogP contribution is 2.27. The minimum Gasteiger partial charge on any atom is -0.508 e. The van der Waals surface area contributed by atoms with E-state index < -0.39 is 11.6 Å². The van der Waals surface area contributed by atoms with Crippen molar-refractivity contribution in [1.82, 2.24) is 5.32 Å². The van der Waals surface area contributed by atoms with Crippen LogP contribution in [0.25, 0.3) is 0 Å². The Morgan fingerprint density at radius 2 is 1.92 bits per heavy atom. The van der Waals surface area contributed by atoms with Crippen LogP contribution in [0.4, 0.5) is 4.39 Å². The SMILES string of the molecule is CNCCc1c(O)ccc(O)c1F. The van der Waals surface area contributed by atoms with Crippen LogP contribution in [-0.4, -0.2) is 23.8 Å². The number of hydrogen-bond acceptors (Lipinski definition) is 3. The van der Waals surface area contributed by atoms with Crippen molar-refractivity contribution in [2.45, 2.75) is 6.42 Å². The van der Waals surface area contributed by atoms with Crippen LogP contribution >= 0.6 is 0 Å². The molecule has 0 unspecified atom stereocenters. The largest absolute Gasteiger partial charge is 0.508 e. The van der Waals surface area contributed by atoms with Gasteiger partial charge in [-0.25, -0.2) is 4.39 Å². The van der Waals surface area contributed by atoms with Crippen LogP contribution in [0.3, 0.4) is 0 Å². The van der Waals surface area contributed by atoms with Crippen molar-refractivity contribution < 1.29 is 14.6 Å². The minimum atomic E-state index is -0.741. The second-order valence-corrected chi connectivity index (χ2v) is 2.75. The Balaban J connectivity index is 2.96. The molecule has 1 aromatic carbocycles. The van der Waals surface area contributed by atoms with Gasteiger partial charge >= 0.3 is 0 Å². The van der Waals surface area contributed by atoms with Crippen molar-refractivity contribution in [2.75, 3.05) is 13.6 Å². The molecule has 3 nitrogen and oxygen atoms in total. The van der Waals surface area contributed by atoms with E-state index in [0.29, 0.717) is 13.0 Å². The predicted molar refractivity (Wildman–Crippen MR) is 47.4 cm³/mol. The lowest BCUT2D eigenvalue weighted by Gasteiger charge is -2.06. The van der Waals surface area contributed by atoms with E-state index in [2.05, 4.69) is 5.32 Å². The van der Waals surface area contributed by atoms with E-state index in [4.69, 9.17) is 5.11 Å². The molecule has 0 heterocycles. The average Bonchev–Trinajstić information content (AvgIpc) is 2.12. The highest BCUT2D eigenvalue weighted by molar-refractivity contribution is 5.40. The zero-order valence-electron chi connectivity index (χ0n) is 7.34. The summed E-state index contributed by atoms with van der Waals surface area (Å²) in [5, 5.41) is 21.1. The van der Waals surface area contributed by atoms with E-state index in [-0.39, 0.29) is 11.3 Å². The van der Waals surface area contributed by atoms with E-state index in [1.165, 1.54) is 6.07 Å². The van der Waals surface area contributed by atoms with Gasteiger partial charge in [-0.1, -0.05) is 0 Å². The fourth-order valence-electron chi connectivity index (χ4n) is 1.09. The summed E-state index contributed by atoms with van der Waals surface area (Å²) in [5.41, 5.74) is 0.148. The molecule has 0 aromatic heterocycles. The zero-order chi connectivity index (χ0) is 9.84. The second kappa shape index (κ2) is 4.09. The molecule has 13 heavy (non-hydrogen) atoms. The first-order valence-electron chi connectivity index (χ1n) is 4.00. The minimum absolute atomic E-state index is 0.120. The first kappa shape index (κ1) is 9.80. The molecule has 0 fully saturated rings. The lowest BCUT2D eigenvalue weighted by molar-refractivity contribution is 0.413. The van der Waals surface area contributed by atoms with Gasteiger partial charge in [0.2, 0.25) is 0 Å². The van der Waals surface area contributed by atoms with E-state index in [1.807, 2.05) is 0 Å². The predicted octanol–water partition coefficient (Wildman–Crippen LogP) is 0.999. The number of aromatic hydroxyl groups is 2. The summed E-state index contributed by atoms with van der Waals surface area (Å²) in [6, 6.07) is 2.41. The molecule has 4 heteroatoms. The van der Waals surface area contributed by atoms with Crippen molar-refractivity contribution >= 4 is 0 Å². The number of phenolic OH excluding ortho intramolecular Hbond substituents is 2. The van der Waals surface area contributed by atoms with Crippen molar-refractivity contribution in [3.63, 3.8) is 0 Å². The Hall–Kier alpha value is -1.29. The van der Waals surface area contributed by atoms with Crippen LogP contribution in [-0.2, 0) is 6.42 Å². The van der Waals surface area contributed by atoms with Gasteiger partial charge in [0.25, 0.3) is 0 Å². The van der Waals surface area contributed by atoms with Gasteiger partial charge in [-0.3, -0.25) is 0 Å². The fraction of sp³-hybridized carbons (Fsp3) is 0.333. The maximum Gasteiger partial charge on any atom is 0.171 e. The first-order chi connectivity index (χ1) is 6.16. The molecule has 0 aliphatic carbocycles. The van der Waals surface area contributed by atoms with Gasteiger partial charge in [-0.05, 0) is 32.1 Å². The van der Waals surface area contributed by atoms with Crippen LogP contribution in [0, 0.1) is 5.82 Å². The van der Waals surface area contributed by atoms with Crippen molar-refractivity contribution in [1.29, 1.82) is 0 Å². The van der Waals surface area contributed by atoms with Crippen molar-refractivity contribution in [3.8, 4) is 11.5 Å². The topological polar surface area (TPSA) is 52.5 Å². The smallest absolute Gasteiger partial charge is 0.171 e. The standard InChI is InChI=1S/C9H12FNO2/c1-11-5-4-6-7(12)2-3-8(13)9(6)10/h2-3,11-13H,4-5H2,1H3. The van der Waals surface area contributed by atoms with Gasteiger partial charge in [0.15, 0.2) is 11.6 Å². The third-order valence-corrected chi connectivity index (χ3v) is 1.82. The molecule has 3 N–H and O–H groups in total. The van der Waals surface area contributed by atoms with E-state index in [0.717, 1.165) is 6.07 Å². The number of phenols is 2. The number of hydrogen-bond donors (Lipinski definition) is 3. The quantitative estimate of drug-likeness (QED) is 0.616. The number of benzene rings is 1. The van der Waals surface area contributed by atoms with Crippen molar-refractivity contribution in [3.05, 3.63) is 23.5 Å². The molecule has 0 bridgehead atoms. The normalized spacial score (nSPS) is 10.3. The van der Waals surface area contributed by atoms with Crippen LogP contribution in [0.1, 0.15) is 5.56 Å². The molecule has 1 aromatic rings. The molecular formula is C9H12FNO2. The molecule has 0 amide bonds. The summed E-state index contributed by atoms with van der Waals surface area (Å²) < 4.78 is 13.1. The maximum atomic E-state index is 13.1. The summed E-state index contributed by atoms with van der Waals surface area (Å²) in [6.07, 6.45) is 0.350. The average molecular weight is 185 g/mol. The molecule has 0 atom stereocenters. The van der Waals surface area contributed by atoms with Crippen molar-refractivity contribution in [2.24, 2.45) is 0 Å². The fourth-order valence-corrected chi connectivity index (χ4v) is 1.09. The number of rotatable bonds is 3. The van der Waals surface area contributed by atoms with Gasteiger partial charge in [-0.15, -0.1) is 0 Å². The van der Waals surface area contributed by atoms with Gasteiger partial charge in [0, 0.05) is 5.56 Å². The van der Waals surface area contributed by atoms with Crippen LogP contribution in [0.5, 0.6) is 11.5 Å². The Labute approximate surface area is 75.8 Å². The van der Waals surface area contributed by atoms with E-state index in [1.54, 1.807) is 7.05 Å². The number of nitrogens with one attached hydrogen (secondary N) is 1. The number of halogens is 1. The van der Waals surface area contributed by atoms with Crippen LogP contribution in [0.15, 0.2) is 12.1 Å². The molecule has 0 saturated heterocycles. The highest BCUT2D eigenvalue weighted by Gasteiger charge is 2.11. The highest BCUT2D eigenvalue weighted by atomic mass is 19.1. The monoisotopic (exact) mass is 185 g/mol. The number of likely N-dealkylation sites (N-methyl/N-ethyl adjacent to an activating group) is 1. The summed E-state index contributed by atoms with van der Waals surface area (Å²) in [6.45, 7) is 0.550. The Morgan fingerprint density at radius 3 is 2.54 bits per heavy atom. The van der Waals surface area contributed by atoms with Crippen LogP contribution < -0.4 is 5.32 Å². The van der Waals surface area contributed by atoms with Gasteiger partial charge in [0.1, 0.15) is 5.75 Å². The molecule has 0 spiro atoms. The molecule has 1 rings (SSSR count). The van der Waals surface area contributed by atoms with Crippen LogP contribution in [0.2, 0.25) is 0 Å².